The van der Waals surface area contributed by atoms with Crippen LogP contribution in [0.1, 0.15) is 16.9 Å². The molecule has 0 fully saturated rings. The fourth-order valence-corrected chi connectivity index (χ4v) is 4.36. The molecule has 0 aliphatic carbocycles. The molecule has 6 heteroatoms. The lowest BCUT2D eigenvalue weighted by Gasteiger charge is -2.08. The van der Waals surface area contributed by atoms with Crippen LogP contribution in [-0.2, 0) is 17.9 Å². The van der Waals surface area contributed by atoms with E-state index in [0.29, 0.717) is 18.5 Å². The molecule has 4 rings (SSSR count). The van der Waals surface area contributed by atoms with E-state index < -0.39 is 0 Å². The number of nitrogens with zero attached hydrogens (tertiary/aromatic N) is 2. The van der Waals surface area contributed by atoms with E-state index in [1.54, 1.807) is 6.33 Å². The van der Waals surface area contributed by atoms with Gasteiger partial charge in [-0.15, -0.1) is 11.3 Å². The summed E-state index contributed by atoms with van der Waals surface area (Å²) in [5, 5.41) is 3.52. The van der Waals surface area contributed by atoms with Crippen LogP contribution in [0.5, 0.6) is 0 Å². The number of aromatic nitrogens is 2. The van der Waals surface area contributed by atoms with E-state index >= 15 is 0 Å². The minimum Gasteiger partial charge on any atom is -0.352 e. The lowest BCUT2D eigenvalue weighted by atomic mass is 10.0. The first-order chi connectivity index (χ1) is 14.1. The molecular weight excluding hydrogens is 382 g/mol. The third-order valence-electron chi connectivity index (χ3n) is 4.83. The van der Waals surface area contributed by atoms with E-state index in [1.807, 2.05) is 67.6 Å². The Hall–Kier alpha value is -3.25. The number of carbonyl (C=O) groups is 1. The SMILES string of the molecule is Cc1sc2ncn(CCC(=O)NCc3ccccc3)c(=O)c2c1-c1ccccc1. The van der Waals surface area contributed by atoms with Gasteiger partial charge in [-0.3, -0.25) is 14.2 Å². The van der Waals surface area contributed by atoms with Crippen LogP contribution < -0.4 is 10.9 Å². The maximum absolute atomic E-state index is 13.1. The summed E-state index contributed by atoms with van der Waals surface area (Å²) >= 11 is 1.52. The van der Waals surface area contributed by atoms with Gasteiger partial charge in [-0.1, -0.05) is 60.7 Å². The Balaban J connectivity index is 1.53. The molecule has 0 unspecified atom stereocenters. The maximum atomic E-state index is 13.1. The molecule has 0 bridgehead atoms. The van der Waals surface area contributed by atoms with Crippen molar-refractivity contribution >= 4 is 27.5 Å². The van der Waals surface area contributed by atoms with Crippen molar-refractivity contribution < 1.29 is 4.79 Å². The zero-order valence-corrected chi connectivity index (χ0v) is 16.9. The van der Waals surface area contributed by atoms with Crippen molar-refractivity contribution in [3.05, 3.63) is 87.8 Å². The average molecular weight is 404 g/mol. The minimum absolute atomic E-state index is 0.0920. The highest BCUT2D eigenvalue weighted by Crippen LogP contribution is 2.35. The third kappa shape index (κ3) is 4.12. The topological polar surface area (TPSA) is 64.0 Å². The molecule has 1 N–H and O–H groups in total. The third-order valence-corrected chi connectivity index (χ3v) is 5.84. The number of nitrogens with one attached hydrogen (secondary N) is 1. The molecule has 29 heavy (non-hydrogen) atoms. The zero-order chi connectivity index (χ0) is 20.2. The number of carbonyl (C=O) groups excluding carboxylic acids is 1. The highest BCUT2D eigenvalue weighted by atomic mass is 32.1. The standard InChI is InChI=1S/C23H21N3O2S/c1-16-20(18-10-6-3-7-11-18)21-22(29-16)25-15-26(23(21)28)13-12-19(27)24-14-17-8-4-2-5-9-17/h2-11,15H,12-14H2,1H3,(H,24,27). The van der Waals surface area contributed by atoms with Gasteiger partial charge in [0.15, 0.2) is 0 Å². The summed E-state index contributed by atoms with van der Waals surface area (Å²) in [5.74, 6) is -0.0920. The minimum atomic E-state index is -0.103. The number of amides is 1. The lowest BCUT2D eigenvalue weighted by molar-refractivity contribution is -0.121. The fraction of sp³-hybridized carbons (Fsp3) is 0.174. The van der Waals surface area contributed by atoms with E-state index in [4.69, 9.17) is 0 Å². The molecule has 2 heterocycles. The van der Waals surface area contributed by atoms with Crippen molar-refractivity contribution in [3.63, 3.8) is 0 Å². The molecule has 0 saturated carbocycles. The Morgan fingerprint density at radius 2 is 1.76 bits per heavy atom. The van der Waals surface area contributed by atoms with Crippen molar-refractivity contribution in [2.45, 2.75) is 26.4 Å². The molecule has 0 radical (unpaired) electrons. The number of thiophene rings is 1. The van der Waals surface area contributed by atoms with Crippen LogP contribution in [0.4, 0.5) is 0 Å². The van der Waals surface area contributed by atoms with Gasteiger partial charge < -0.3 is 5.32 Å². The normalized spacial score (nSPS) is 10.9. The van der Waals surface area contributed by atoms with E-state index in [0.717, 1.165) is 26.4 Å². The van der Waals surface area contributed by atoms with Gasteiger partial charge in [-0.2, -0.15) is 0 Å². The van der Waals surface area contributed by atoms with Crippen LogP contribution in [0.25, 0.3) is 21.3 Å². The molecule has 0 aliphatic heterocycles. The first-order valence-corrected chi connectivity index (χ1v) is 10.3. The van der Waals surface area contributed by atoms with Crippen LogP contribution in [0, 0.1) is 6.92 Å². The van der Waals surface area contributed by atoms with Crippen LogP contribution in [0.2, 0.25) is 0 Å². The predicted molar refractivity (Wildman–Crippen MR) is 117 cm³/mol. The fourth-order valence-electron chi connectivity index (χ4n) is 3.36. The van der Waals surface area contributed by atoms with E-state index in [1.165, 1.54) is 15.9 Å². The molecule has 2 aromatic carbocycles. The maximum Gasteiger partial charge on any atom is 0.262 e. The molecule has 5 nitrogen and oxygen atoms in total. The van der Waals surface area contributed by atoms with Gasteiger partial charge in [0, 0.05) is 30.0 Å². The van der Waals surface area contributed by atoms with Crippen molar-refractivity contribution in [1.29, 1.82) is 0 Å². The van der Waals surface area contributed by atoms with Crippen LogP contribution in [0.15, 0.2) is 71.8 Å². The molecule has 4 aromatic rings. The predicted octanol–water partition coefficient (Wildman–Crippen LogP) is 4.14. The van der Waals surface area contributed by atoms with Crippen LogP contribution in [-0.4, -0.2) is 15.5 Å². The summed E-state index contributed by atoms with van der Waals surface area (Å²) in [7, 11) is 0. The van der Waals surface area contributed by atoms with Crippen LogP contribution >= 0.6 is 11.3 Å². The monoisotopic (exact) mass is 403 g/mol. The Bertz CT molecular complexity index is 1200. The summed E-state index contributed by atoms with van der Waals surface area (Å²) < 4.78 is 1.53. The van der Waals surface area contributed by atoms with E-state index in [2.05, 4.69) is 10.3 Å². The lowest BCUT2D eigenvalue weighted by Crippen LogP contribution is -2.27. The highest BCUT2D eigenvalue weighted by Gasteiger charge is 2.17. The Labute approximate surface area is 172 Å². The van der Waals surface area contributed by atoms with Crippen molar-refractivity contribution in [2.75, 3.05) is 0 Å². The van der Waals surface area contributed by atoms with Gasteiger partial charge in [0.2, 0.25) is 5.91 Å². The summed E-state index contributed by atoms with van der Waals surface area (Å²) in [6.45, 7) is 2.79. The Kier molecular flexibility index (Phi) is 5.53. The van der Waals surface area contributed by atoms with Gasteiger partial charge in [-0.25, -0.2) is 4.98 Å². The van der Waals surface area contributed by atoms with Gasteiger partial charge in [-0.05, 0) is 18.1 Å². The number of rotatable bonds is 6. The van der Waals surface area contributed by atoms with Crippen LogP contribution in [0.3, 0.4) is 0 Å². The molecule has 0 aliphatic rings. The summed E-state index contributed by atoms with van der Waals surface area (Å²) in [6.07, 6.45) is 1.77. The first kappa shape index (κ1) is 19.1. The zero-order valence-electron chi connectivity index (χ0n) is 16.1. The van der Waals surface area contributed by atoms with Crippen molar-refractivity contribution in [2.24, 2.45) is 0 Å². The van der Waals surface area contributed by atoms with Crippen molar-refractivity contribution in [1.82, 2.24) is 14.9 Å². The molecule has 146 valence electrons. The number of benzene rings is 2. The molecule has 1 amide bonds. The summed E-state index contributed by atoms with van der Waals surface area (Å²) in [6, 6.07) is 19.6. The quantitative estimate of drug-likeness (QED) is 0.526. The molecule has 2 aromatic heterocycles. The number of fused-ring (bicyclic) bond motifs is 1. The Morgan fingerprint density at radius 3 is 2.48 bits per heavy atom. The second-order valence-electron chi connectivity index (χ2n) is 6.83. The summed E-state index contributed by atoms with van der Waals surface area (Å²) in [5.41, 5.74) is 2.89. The first-order valence-electron chi connectivity index (χ1n) is 9.48. The largest absolute Gasteiger partial charge is 0.352 e. The second kappa shape index (κ2) is 8.41. The Morgan fingerprint density at radius 1 is 1.07 bits per heavy atom. The molecular formula is C23H21N3O2S. The second-order valence-corrected chi connectivity index (χ2v) is 8.04. The molecule has 0 atom stereocenters. The van der Waals surface area contributed by atoms with Gasteiger partial charge in [0.25, 0.3) is 5.56 Å². The molecule has 0 spiro atoms. The molecule has 0 saturated heterocycles. The number of hydrogen-bond donors (Lipinski definition) is 1. The summed E-state index contributed by atoms with van der Waals surface area (Å²) in [4.78, 5) is 31.6. The van der Waals surface area contributed by atoms with Crippen molar-refractivity contribution in [3.8, 4) is 11.1 Å². The highest BCUT2D eigenvalue weighted by molar-refractivity contribution is 7.19. The van der Waals surface area contributed by atoms with Gasteiger partial charge in [0.05, 0.1) is 11.7 Å². The van der Waals surface area contributed by atoms with E-state index in [-0.39, 0.29) is 17.9 Å². The average Bonchev–Trinajstić information content (AvgIpc) is 3.10. The van der Waals surface area contributed by atoms with Gasteiger partial charge >= 0.3 is 0 Å². The number of aryl methyl sites for hydroxylation is 2. The van der Waals surface area contributed by atoms with E-state index in [9.17, 15) is 9.59 Å². The van der Waals surface area contributed by atoms with Gasteiger partial charge in [0.1, 0.15) is 4.83 Å². The number of hydrogen-bond acceptors (Lipinski definition) is 4. The smallest absolute Gasteiger partial charge is 0.262 e.